The van der Waals surface area contributed by atoms with Crippen molar-refractivity contribution in [2.45, 2.75) is 32.2 Å². The summed E-state index contributed by atoms with van der Waals surface area (Å²) in [4.78, 5) is 36.0. The topological polar surface area (TPSA) is 72.5 Å². The smallest absolute Gasteiger partial charge is 0.328 e. The molecular formula is C19H21NO4. The van der Waals surface area contributed by atoms with Gasteiger partial charge in [0.15, 0.2) is 0 Å². The number of hydrogen-bond donors (Lipinski definition) is 1. The van der Waals surface area contributed by atoms with Crippen LogP contribution in [0.5, 0.6) is 0 Å². The number of ether oxygens (including phenoxy) is 1. The Kier molecular flexibility index (Phi) is 6.07. The van der Waals surface area contributed by atoms with Crippen molar-refractivity contribution in [3.63, 3.8) is 0 Å². The lowest BCUT2D eigenvalue weighted by Gasteiger charge is -2.17. The molecule has 2 aromatic rings. The second-order valence-electron chi connectivity index (χ2n) is 5.51. The molecule has 0 aromatic heterocycles. The van der Waals surface area contributed by atoms with Crippen molar-refractivity contribution in [2.75, 3.05) is 7.11 Å². The van der Waals surface area contributed by atoms with Crippen molar-refractivity contribution in [1.82, 2.24) is 5.32 Å². The summed E-state index contributed by atoms with van der Waals surface area (Å²) in [6, 6.07) is 12.1. The fraction of sp³-hybridized carbons (Fsp3) is 0.316. The summed E-state index contributed by atoms with van der Waals surface area (Å²) in [6.07, 6.45) is 0.868. The number of carbonyl (C=O) groups is 3. The molecule has 2 rings (SSSR count). The van der Waals surface area contributed by atoms with E-state index in [0.717, 1.165) is 10.8 Å². The van der Waals surface area contributed by atoms with Gasteiger partial charge in [0, 0.05) is 18.4 Å². The predicted octanol–water partition coefficient (Wildman–Crippen LogP) is 2.87. The molecule has 5 nitrogen and oxygen atoms in total. The number of Topliss-reactive ketones (excluding diaryl/α,β-unsaturated/α-hetero) is 1. The Morgan fingerprint density at radius 2 is 1.79 bits per heavy atom. The lowest BCUT2D eigenvalue weighted by atomic mass is 10.0. The fourth-order valence-electron chi connectivity index (χ4n) is 2.53. The van der Waals surface area contributed by atoms with Gasteiger partial charge in [-0.1, -0.05) is 43.3 Å². The number of rotatable bonds is 7. The maximum atomic E-state index is 12.6. The summed E-state index contributed by atoms with van der Waals surface area (Å²) in [5.41, 5.74) is 0.490. The third-order valence-electron chi connectivity index (χ3n) is 3.93. The molecule has 0 bridgehead atoms. The molecule has 0 saturated heterocycles. The largest absolute Gasteiger partial charge is 0.467 e. The molecule has 0 aliphatic carbocycles. The van der Waals surface area contributed by atoms with E-state index in [-0.39, 0.29) is 24.5 Å². The molecule has 0 heterocycles. The molecule has 0 saturated carbocycles. The van der Waals surface area contributed by atoms with Crippen LogP contribution < -0.4 is 5.32 Å². The van der Waals surface area contributed by atoms with Gasteiger partial charge < -0.3 is 10.1 Å². The minimum absolute atomic E-state index is 0.0447. The van der Waals surface area contributed by atoms with Gasteiger partial charge in [-0.2, -0.15) is 0 Å². The molecule has 2 aromatic carbocycles. The molecular weight excluding hydrogens is 306 g/mol. The zero-order chi connectivity index (χ0) is 17.5. The molecule has 0 aliphatic heterocycles. The Bertz CT molecular complexity index is 749. The van der Waals surface area contributed by atoms with Crippen LogP contribution in [0.4, 0.5) is 0 Å². The number of hydrogen-bond acceptors (Lipinski definition) is 4. The summed E-state index contributed by atoms with van der Waals surface area (Å²) >= 11 is 0. The molecule has 0 spiro atoms. The van der Waals surface area contributed by atoms with Crippen molar-refractivity contribution >= 4 is 28.4 Å². The van der Waals surface area contributed by atoms with Crippen molar-refractivity contribution in [1.29, 1.82) is 0 Å². The van der Waals surface area contributed by atoms with Crippen LogP contribution in [0.1, 0.15) is 36.5 Å². The monoisotopic (exact) mass is 327 g/mol. The number of fused-ring (bicyclic) bond motifs is 1. The second-order valence-corrected chi connectivity index (χ2v) is 5.51. The SMILES string of the molecule is CCC(=O)CC[C@H](NC(=O)c1cccc2ccccc12)C(=O)OC. The Morgan fingerprint density at radius 1 is 1.08 bits per heavy atom. The minimum Gasteiger partial charge on any atom is -0.467 e. The maximum Gasteiger partial charge on any atom is 0.328 e. The first-order chi connectivity index (χ1) is 11.6. The maximum absolute atomic E-state index is 12.6. The van der Waals surface area contributed by atoms with E-state index in [1.54, 1.807) is 19.1 Å². The number of amides is 1. The van der Waals surface area contributed by atoms with E-state index in [4.69, 9.17) is 4.74 Å². The van der Waals surface area contributed by atoms with Crippen molar-refractivity contribution in [2.24, 2.45) is 0 Å². The van der Waals surface area contributed by atoms with Crippen LogP contribution in [0, 0.1) is 0 Å². The molecule has 24 heavy (non-hydrogen) atoms. The van der Waals surface area contributed by atoms with Gasteiger partial charge in [-0.3, -0.25) is 9.59 Å². The molecule has 0 radical (unpaired) electrons. The highest BCUT2D eigenvalue weighted by Gasteiger charge is 2.23. The average molecular weight is 327 g/mol. The normalized spacial score (nSPS) is 11.8. The molecule has 0 unspecified atom stereocenters. The zero-order valence-corrected chi connectivity index (χ0v) is 13.9. The Labute approximate surface area is 141 Å². The van der Waals surface area contributed by atoms with Gasteiger partial charge in [0.25, 0.3) is 5.91 Å². The fourth-order valence-corrected chi connectivity index (χ4v) is 2.53. The quantitative estimate of drug-likeness (QED) is 0.794. The first-order valence-electron chi connectivity index (χ1n) is 7.95. The van der Waals surface area contributed by atoms with Crippen LogP contribution in [-0.4, -0.2) is 30.8 Å². The highest BCUT2D eigenvalue weighted by Crippen LogP contribution is 2.18. The molecule has 0 aliphatic rings. The van der Waals surface area contributed by atoms with Gasteiger partial charge in [-0.25, -0.2) is 4.79 Å². The minimum atomic E-state index is -0.836. The molecule has 5 heteroatoms. The van der Waals surface area contributed by atoms with Gasteiger partial charge >= 0.3 is 5.97 Å². The van der Waals surface area contributed by atoms with Crippen LogP contribution in [0.15, 0.2) is 42.5 Å². The lowest BCUT2D eigenvalue weighted by molar-refractivity contribution is -0.143. The molecule has 1 amide bonds. The number of nitrogens with one attached hydrogen (secondary N) is 1. The van der Waals surface area contributed by atoms with Gasteiger partial charge in [-0.15, -0.1) is 0 Å². The van der Waals surface area contributed by atoms with Crippen LogP contribution >= 0.6 is 0 Å². The van der Waals surface area contributed by atoms with E-state index in [1.165, 1.54) is 7.11 Å². The number of benzene rings is 2. The molecule has 1 N–H and O–H groups in total. The van der Waals surface area contributed by atoms with Crippen LogP contribution in [0.25, 0.3) is 10.8 Å². The summed E-state index contributed by atoms with van der Waals surface area (Å²) in [7, 11) is 1.26. The van der Waals surface area contributed by atoms with Crippen molar-refractivity contribution in [3.05, 3.63) is 48.0 Å². The second kappa shape index (κ2) is 8.24. The average Bonchev–Trinajstić information content (AvgIpc) is 2.63. The summed E-state index contributed by atoms with van der Waals surface area (Å²) in [6.45, 7) is 1.77. The third kappa shape index (κ3) is 4.19. The number of esters is 1. The van der Waals surface area contributed by atoms with Crippen molar-refractivity contribution < 1.29 is 19.1 Å². The van der Waals surface area contributed by atoms with E-state index < -0.39 is 12.0 Å². The summed E-state index contributed by atoms with van der Waals surface area (Å²) in [5.74, 6) is -0.859. The Balaban J connectivity index is 2.19. The van der Waals surface area contributed by atoms with Gasteiger partial charge in [0.2, 0.25) is 0 Å². The third-order valence-corrected chi connectivity index (χ3v) is 3.93. The van der Waals surface area contributed by atoms with Crippen molar-refractivity contribution in [3.8, 4) is 0 Å². The molecule has 126 valence electrons. The van der Waals surface area contributed by atoms with Gasteiger partial charge in [0.05, 0.1) is 7.11 Å². The Morgan fingerprint density at radius 3 is 2.50 bits per heavy atom. The van der Waals surface area contributed by atoms with Crippen LogP contribution in [0.3, 0.4) is 0 Å². The predicted molar refractivity (Wildman–Crippen MR) is 91.8 cm³/mol. The van der Waals surface area contributed by atoms with Crippen LogP contribution in [-0.2, 0) is 14.3 Å². The highest BCUT2D eigenvalue weighted by molar-refractivity contribution is 6.08. The Hall–Kier alpha value is -2.69. The van der Waals surface area contributed by atoms with Gasteiger partial charge in [0.1, 0.15) is 11.8 Å². The van der Waals surface area contributed by atoms with E-state index >= 15 is 0 Å². The first-order valence-corrected chi connectivity index (χ1v) is 7.95. The first kappa shape index (κ1) is 17.7. The number of methoxy groups -OCH3 is 1. The standard InChI is InChI=1S/C19H21NO4/c1-3-14(21)11-12-17(19(23)24-2)20-18(22)16-10-6-8-13-7-4-5-9-15(13)16/h4-10,17H,3,11-12H2,1-2H3,(H,20,22)/t17-/m0/s1. The van der Waals surface area contributed by atoms with E-state index in [2.05, 4.69) is 5.32 Å². The zero-order valence-electron chi connectivity index (χ0n) is 13.9. The molecule has 0 fully saturated rings. The van der Waals surface area contributed by atoms with E-state index in [0.29, 0.717) is 12.0 Å². The van der Waals surface area contributed by atoms with Gasteiger partial charge in [-0.05, 0) is 23.3 Å². The number of carbonyl (C=O) groups excluding carboxylic acids is 3. The lowest BCUT2D eigenvalue weighted by Crippen LogP contribution is -2.41. The van der Waals surface area contributed by atoms with E-state index in [9.17, 15) is 14.4 Å². The highest BCUT2D eigenvalue weighted by atomic mass is 16.5. The summed E-state index contributed by atoms with van der Waals surface area (Å²) in [5, 5.41) is 4.45. The number of ketones is 1. The molecule has 1 atom stereocenters. The van der Waals surface area contributed by atoms with Crippen LogP contribution in [0.2, 0.25) is 0 Å². The summed E-state index contributed by atoms with van der Waals surface area (Å²) < 4.78 is 4.74. The van der Waals surface area contributed by atoms with E-state index in [1.807, 2.05) is 30.3 Å².